The predicted octanol–water partition coefficient (Wildman–Crippen LogP) is 0.706. The van der Waals surface area contributed by atoms with Crippen molar-refractivity contribution in [3.63, 3.8) is 0 Å². The third-order valence-corrected chi connectivity index (χ3v) is 4.54. The van der Waals surface area contributed by atoms with Gasteiger partial charge in [0.05, 0.1) is 4.90 Å². The molecule has 0 aliphatic carbocycles. The van der Waals surface area contributed by atoms with E-state index in [0.717, 1.165) is 12.1 Å². The van der Waals surface area contributed by atoms with Gasteiger partial charge in [-0.2, -0.15) is 8.42 Å². The van der Waals surface area contributed by atoms with Crippen molar-refractivity contribution < 1.29 is 23.1 Å². The van der Waals surface area contributed by atoms with Gasteiger partial charge in [0.1, 0.15) is 0 Å². The summed E-state index contributed by atoms with van der Waals surface area (Å²) >= 11 is 3.17. The molecule has 1 N–H and O–H groups in total. The maximum absolute atomic E-state index is 12.4. The van der Waals surface area contributed by atoms with E-state index in [1.807, 2.05) is 0 Å². The normalized spacial score (nSPS) is 11.1. The number of ether oxygens (including phenoxy) is 1. The van der Waals surface area contributed by atoms with Gasteiger partial charge in [0.2, 0.25) is 5.88 Å². The lowest BCUT2D eigenvalue weighted by molar-refractivity contribution is -0.139. The number of benzene rings is 1. The summed E-state index contributed by atoms with van der Waals surface area (Å²) in [6.07, 6.45) is 0. The summed E-state index contributed by atoms with van der Waals surface area (Å²) in [4.78, 5) is 22.0. The molecule has 0 saturated carbocycles. The van der Waals surface area contributed by atoms with Crippen molar-refractivity contribution in [2.75, 3.05) is 6.61 Å². The molecule has 2 aromatic rings. The molecule has 0 amide bonds. The van der Waals surface area contributed by atoms with Crippen LogP contribution in [0.15, 0.2) is 50.6 Å². The van der Waals surface area contributed by atoms with Crippen LogP contribution in [-0.2, 0) is 14.8 Å². The maximum Gasteiger partial charge on any atom is 0.341 e. The smallest absolute Gasteiger partial charge is 0.341 e. The first kappa shape index (κ1) is 16.2. The van der Waals surface area contributed by atoms with Crippen LogP contribution in [0.2, 0.25) is 0 Å². The molecule has 116 valence electrons. The molecule has 0 bridgehead atoms. The summed E-state index contributed by atoms with van der Waals surface area (Å²) in [5.74, 6) is -1.54. The summed E-state index contributed by atoms with van der Waals surface area (Å²) in [5, 5.41) is 12.1. The fourth-order valence-corrected chi connectivity index (χ4v) is 2.90. The highest BCUT2D eigenvalue weighted by molar-refractivity contribution is 9.10. The van der Waals surface area contributed by atoms with E-state index in [4.69, 9.17) is 9.84 Å². The third kappa shape index (κ3) is 3.52. The van der Waals surface area contributed by atoms with Crippen LogP contribution in [0.3, 0.4) is 0 Å². The van der Waals surface area contributed by atoms with Gasteiger partial charge in [-0.25, -0.2) is 4.79 Å². The van der Waals surface area contributed by atoms with Gasteiger partial charge in [0, 0.05) is 16.6 Å². The molecule has 0 aliphatic heterocycles. The minimum absolute atomic E-state index is 0.138. The number of rotatable bonds is 5. The summed E-state index contributed by atoms with van der Waals surface area (Å²) in [6.45, 7) is -0.705. The Balaban J connectivity index is 2.46. The summed E-state index contributed by atoms with van der Waals surface area (Å²) < 4.78 is 30.4. The number of nitrogens with zero attached hydrogens (tertiary/aromatic N) is 2. The summed E-state index contributed by atoms with van der Waals surface area (Å²) in [5.41, 5.74) is -0.884. The molecule has 1 aromatic carbocycles. The molecule has 2 rings (SSSR count). The van der Waals surface area contributed by atoms with Crippen molar-refractivity contribution in [3.05, 3.63) is 51.2 Å². The van der Waals surface area contributed by atoms with Gasteiger partial charge < -0.3 is 9.84 Å². The molecular formula is C12H9BrN2O6S. The molecule has 0 radical (unpaired) electrons. The van der Waals surface area contributed by atoms with Crippen LogP contribution in [0.25, 0.3) is 0 Å². The molecule has 0 saturated heterocycles. The van der Waals surface area contributed by atoms with Crippen molar-refractivity contribution in [2.24, 2.45) is 0 Å². The molecule has 0 fully saturated rings. The Hall–Kier alpha value is -2.20. The standard InChI is InChI=1S/C12H9BrN2O6S/c13-8-1-3-9(4-2-8)22(19,20)15-11(16)6-5-10(14-15)21-7-12(17)18/h1-6H,7H2,(H,17,18). The highest BCUT2D eigenvalue weighted by Gasteiger charge is 2.20. The molecule has 0 unspecified atom stereocenters. The number of aliphatic carboxylic acids is 1. The molecular weight excluding hydrogens is 380 g/mol. The van der Waals surface area contributed by atoms with Crippen LogP contribution >= 0.6 is 15.9 Å². The van der Waals surface area contributed by atoms with Gasteiger partial charge >= 0.3 is 5.97 Å². The van der Waals surface area contributed by atoms with E-state index >= 15 is 0 Å². The number of hydrogen-bond acceptors (Lipinski definition) is 6. The fraction of sp³-hybridized carbons (Fsp3) is 0.0833. The zero-order valence-electron chi connectivity index (χ0n) is 10.8. The van der Waals surface area contributed by atoms with E-state index in [-0.39, 0.29) is 14.9 Å². The fourth-order valence-electron chi connectivity index (χ4n) is 1.47. The second-order valence-corrected chi connectivity index (χ2v) is 6.68. The number of hydrogen-bond donors (Lipinski definition) is 1. The number of carbonyl (C=O) groups is 1. The van der Waals surface area contributed by atoms with Crippen LogP contribution in [0.5, 0.6) is 5.88 Å². The third-order valence-electron chi connectivity index (χ3n) is 2.43. The minimum Gasteiger partial charge on any atom is -0.479 e. The van der Waals surface area contributed by atoms with Crippen LogP contribution < -0.4 is 10.3 Å². The lowest BCUT2D eigenvalue weighted by atomic mass is 10.4. The quantitative estimate of drug-likeness (QED) is 0.801. The monoisotopic (exact) mass is 388 g/mol. The lowest BCUT2D eigenvalue weighted by Gasteiger charge is -2.08. The Bertz CT molecular complexity index is 860. The Kier molecular flexibility index (Phi) is 4.62. The van der Waals surface area contributed by atoms with Gasteiger partial charge in [0.15, 0.2) is 6.61 Å². The van der Waals surface area contributed by atoms with Crippen LogP contribution in [0, 0.1) is 0 Å². The van der Waals surface area contributed by atoms with Crippen molar-refractivity contribution >= 4 is 31.9 Å². The van der Waals surface area contributed by atoms with Gasteiger partial charge in [-0.1, -0.05) is 15.9 Å². The summed E-state index contributed by atoms with van der Waals surface area (Å²) in [7, 11) is -4.20. The van der Waals surface area contributed by atoms with E-state index in [2.05, 4.69) is 21.0 Å². The van der Waals surface area contributed by atoms with Crippen LogP contribution in [0.1, 0.15) is 0 Å². The first-order valence-corrected chi connectivity index (χ1v) is 8.00. The van der Waals surface area contributed by atoms with Crippen molar-refractivity contribution in [2.45, 2.75) is 4.90 Å². The zero-order valence-corrected chi connectivity index (χ0v) is 13.2. The largest absolute Gasteiger partial charge is 0.479 e. The number of carboxylic acids is 1. The molecule has 0 atom stereocenters. The number of carboxylic acid groups (broad SMARTS) is 1. The highest BCUT2D eigenvalue weighted by Crippen LogP contribution is 2.16. The summed E-state index contributed by atoms with van der Waals surface area (Å²) in [6, 6.07) is 7.64. The van der Waals surface area contributed by atoms with Crippen molar-refractivity contribution in [3.8, 4) is 5.88 Å². The highest BCUT2D eigenvalue weighted by atomic mass is 79.9. The Morgan fingerprint density at radius 2 is 1.86 bits per heavy atom. The van der Waals surface area contributed by atoms with E-state index in [9.17, 15) is 18.0 Å². The van der Waals surface area contributed by atoms with E-state index in [1.54, 1.807) is 0 Å². The Labute approximate surface area is 133 Å². The predicted molar refractivity (Wildman–Crippen MR) is 78.4 cm³/mol. The van der Waals surface area contributed by atoms with Crippen LogP contribution in [0.4, 0.5) is 0 Å². The maximum atomic E-state index is 12.4. The second kappa shape index (κ2) is 6.28. The molecule has 1 aromatic heterocycles. The van der Waals surface area contributed by atoms with E-state index in [1.165, 1.54) is 24.3 Å². The first-order chi connectivity index (χ1) is 10.3. The minimum atomic E-state index is -4.20. The molecule has 22 heavy (non-hydrogen) atoms. The molecule has 8 nitrogen and oxygen atoms in total. The van der Waals surface area contributed by atoms with Gasteiger partial charge in [0.25, 0.3) is 15.6 Å². The van der Waals surface area contributed by atoms with Crippen molar-refractivity contribution in [1.82, 2.24) is 9.19 Å². The SMILES string of the molecule is O=C(O)COc1ccc(=O)n(S(=O)(=O)c2ccc(Br)cc2)n1. The average Bonchev–Trinajstić information content (AvgIpc) is 2.46. The zero-order chi connectivity index (χ0) is 16.3. The number of aromatic nitrogens is 2. The van der Waals surface area contributed by atoms with E-state index < -0.39 is 28.2 Å². The molecule has 10 heteroatoms. The Morgan fingerprint density at radius 3 is 2.45 bits per heavy atom. The molecule has 0 aliphatic rings. The van der Waals surface area contributed by atoms with Crippen LogP contribution in [-0.4, -0.2) is 35.3 Å². The lowest BCUT2D eigenvalue weighted by Crippen LogP contribution is -2.29. The average molecular weight is 389 g/mol. The van der Waals surface area contributed by atoms with Gasteiger partial charge in [-0.3, -0.25) is 4.79 Å². The Morgan fingerprint density at radius 1 is 1.23 bits per heavy atom. The molecule has 1 heterocycles. The first-order valence-electron chi connectivity index (χ1n) is 5.77. The van der Waals surface area contributed by atoms with Gasteiger partial charge in [-0.05, 0) is 24.3 Å². The second-order valence-electron chi connectivity index (χ2n) is 3.99. The van der Waals surface area contributed by atoms with Gasteiger partial charge in [-0.15, -0.1) is 9.19 Å². The molecule has 0 spiro atoms. The topological polar surface area (TPSA) is 116 Å². The van der Waals surface area contributed by atoms with Crippen molar-refractivity contribution in [1.29, 1.82) is 0 Å². The van der Waals surface area contributed by atoms with E-state index in [0.29, 0.717) is 4.47 Å². The number of halogens is 1.